The molecule has 2 aromatic carbocycles. The summed E-state index contributed by atoms with van der Waals surface area (Å²) < 4.78 is 50.0. The van der Waals surface area contributed by atoms with Gasteiger partial charge in [-0.3, -0.25) is 0 Å². The molecule has 4 rings (SSSR count). The highest BCUT2D eigenvalue weighted by Crippen LogP contribution is 2.62. The molecule has 0 bridgehead atoms. The van der Waals surface area contributed by atoms with E-state index in [0.29, 0.717) is 17.9 Å². The van der Waals surface area contributed by atoms with E-state index in [1.807, 2.05) is 6.07 Å². The largest absolute Gasteiger partial charge is 0.493 e. The third kappa shape index (κ3) is 4.04. The molecule has 2 aliphatic rings. The van der Waals surface area contributed by atoms with E-state index in [4.69, 9.17) is 9.47 Å². The van der Waals surface area contributed by atoms with Crippen LogP contribution in [-0.4, -0.2) is 19.5 Å². The van der Waals surface area contributed by atoms with Crippen LogP contribution in [0.25, 0.3) is 0 Å². The molecule has 0 radical (unpaired) electrons. The highest BCUT2D eigenvalue weighted by Gasteiger charge is 2.57. The minimum Gasteiger partial charge on any atom is -0.493 e. The number of nitriles is 1. The van der Waals surface area contributed by atoms with Crippen molar-refractivity contribution in [2.45, 2.75) is 61.8 Å². The third-order valence-electron chi connectivity index (χ3n) is 7.94. The fraction of sp³-hybridized carbons (Fsp3) is 0.519. The topological polar surface area (TPSA) is 42.2 Å². The highest BCUT2D eigenvalue weighted by molar-refractivity contribution is 8.00. The lowest BCUT2D eigenvalue weighted by Crippen LogP contribution is -2.56. The van der Waals surface area contributed by atoms with Crippen LogP contribution < -0.4 is 9.47 Å². The summed E-state index contributed by atoms with van der Waals surface area (Å²) in [7, 11) is 3.25. The number of methoxy groups -OCH3 is 2. The number of rotatable bonds is 4. The quantitative estimate of drug-likeness (QED) is 0.453. The van der Waals surface area contributed by atoms with E-state index < -0.39 is 11.7 Å². The van der Waals surface area contributed by atoms with Crippen LogP contribution in [0.1, 0.15) is 50.3 Å². The average molecular weight is 490 g/mol. The number of nitrogens with zero attached hydrogens (tertiary/aromatic N) is 1. The first kappa shape index (κ1) is 24.8. The van der Waals surface area contributed by atoms with Crippen LogP contribution in [-0.2, 0) is 18.0 Å². The molecule has 1 saturated carbocycles. The molecule has 3 nitrogen and oxygen atoms in total. The Labute approximate surface area is 203 Å². The molecule has 0 amide bonds. The van der Waals surface area contributed by atoms with Gasteiger partial charge in [-0.1, -0.05) is 20.8 Å². The zero-order valence-corrected chi connectivity index (χ0v) is 20.9. The van der Waals surface area contributed by atoms with Gasteiger partial charge in [0.25, 0.3) is 0 Å². The summed E-state index contributed by atoms with van der Waals surface area (Å²) in [6.07, 6.45) is -1.90. The van der Waals surface area contributed by atoms with E-state index in [-0.39, 0.29) is 27.9 Å². The number of ether oxygens (including phenoxy) is 2. The second kappa shape index (κ2) is 8.71. The van der Waals surface area contributed by atoms with Gasteiger partial charge in [-0.2, -0.15) is 18.4 Å². The number of hydrogen-bond acceptors (Lipinski definition) is 4. The van der Waals surface area contributed by atoms with Gasteiger partial charge in [0.2, 0.25) is 0 Å². The van der Waals surface area contributed by atoms with Crippen molar-refractivity contribution in [1.29, 1.82) is 5.26 Å². The molecular weight excluding hydrogens is 459 g/mol. The van der Waals surface area contributed by atoms with Crippen molar-refractivity contribution in [2.75, 3.05) is 14.2 Å². The second-order valence-corrected chi connectivity index (χ2v) is 11.5. The van der Waals surface area contributed by atoms with Gasteiger partial charge in [-0.25, -0.2) is 0 Å². The van der Waals surface area contributed by atoms with Crippen LogP contribution >= 0.6 is 11.8 Å². The standard InChI is InChI=1S/C27H30F3NO2S/c1-25(2)23(34-19-8-6-18(7-9-19)27(28,29)30)10-11-26(3)20-14-22(33-5)21(32-4)13-16(20)12-17(15-31)24(25)26/h6-9,13-14,17,23-24H,10-12H2,1-5H3/t17-,23+,24+,26-/m1/s1. The molecule has 2 aliphatic carbocycles. The van der Waals surface area contributed by atoms with Gasteiger partial charge in [-0.15, -0.1) is 11.8 Å². The lowest BCUT2D eigenvalue weighted by molar-refractivity contribution is -0.137. The summed E-state index contributed by atoms with van der Waals surface area (Å²) in [4.78, 5) is 0.825. The minimum atomic E-state index is -4.34. The Morgan fingerprint density at radius 3 is 2.21 bits per heavy atom. The van der Waals surface area contributed by atoms with Gasteiger partial charge in [-0.05, 0) is 83.5 Å². The van der Waals surface area contributed by atoms with Crippen LogP contribution in [0, 0.1) is 28.6 Å². The summed E-state index contributed by atoms with van der Waals surface area (Å²) in [5, 5.41) is 10.4. The molecule has 0 aliphatic heterocycles. The molecule has 0 spiro atoms. The molecule has 0 N–H and O–H groups in total. The maximum Gasteiger partial charge on any atom is 0.416 e. The van der Waals surface area contributed by atoms with Crippen LogP contribution in [0.5, 0.6) is 11.5 Å². The molecule has 2 aromatic rings. The Balaban J connectivity index is 1.69. The lowest BCUT2D eigenvalue weighted by Gasteiger charge is -2.58. The zero-order valence-electron chi connectivity index (χ0n) is 20.1. The van der Waals surface area contributed by atoms with Gasteiger partial charge in [0.1, 0.15) is 0 Å². The molecule has 0 saturated heterocycles. The lowest BCUT2D eigenvalue weighted by atomic mass is 9.47. The van der Waals surface area contributed by atoms with Gasteiger partial charge < -0.3 is 9.47 Å². The van der Waals surface area contributed by atoms with E-state index in [0.717, 1.165) is 35.4 Å². The zero-order chi connectivity index (χ0) is 24.9. The van der Waals surface area contributed by atoms with Crippen molar-refractivity contribution < 1.29 is 22.6 Å². The molecule has 7 heteroatoms. The van der Waals surface area contributed by atoms with Gasteiger partial charge in [0.15, 0.2) is 11.5 Å². The Bertz CT molecular complexity index is 1110. The number of thioether (sulfide) groups is 1. The summed E-state index contributed by atoms with van der Waals surface area (Å²) in [5.74, 6) is 1.29. The van der Waals surface area contributed by atoms with E-state index in [2.05, 4.69) is 32.9 Å². The number of halogens is 3. The summed E-state index contributed by atoms with van der Waals surface area (Å²) in [6, 6.07) is 12.1. The Morgan fingerprint density at radius 2 is 1.65 bits per heavy atom. The summed E-state index contributed by atoms with van der Waals surface area (Å²) in [6.45, 7) is 6.69. The predicted octanol–water partition coefficient (Wildman–Crippen LogP) is 7.27. The maximum atomic E-state index is 13.0. The molecule has 0 aromatic heterocycles. The monoisotopic (exact) mass is 489 g/mol. The number of benzene rings is 2. The molecule has 1 fully saturated rings. The third-order valence-corrected chi connectivity index (χ3v) is 9.61. The predicted molar refractivity (Wildman–Crippen MR) is 127 cm³/mol. The van der Waals surface area contributed by atoms with Crippen molar-refractivity contribution in [2.24, 2.45) is 17.3 Å². The molecule has 34 heavy (non-hydrogen) atoms. The van der Waals surface area contributed by atoms with Crippen LogP contribution in [0.2, 0.25) is 0 Å². The first-order valence-corrected chi connectivity index (χ1v) is 12.3. The van der Waals surface area contributed by atoms with Crippen LogP contribution in [0.15, 0.2) is 41.3 Å². The van der Waals surface area contributed by atoms with Gasteiger partial charge in [0.05, 0.1) is 31.8 Å². The average Bonchev–Trinajstić information content (AvgIpc) is 2.79. The van der Waals surface area contributed by atoms with E-state index >= 15 is 0 Å². The van der Waals surface area contributed by atoms with E-state index in [1.54, 1.807) is 38.1 Å². The van der Waals surface area contributed by atoms with Gasteiger partial charge >= 0.3 is 6.18 Å². The fourth-order valence-corrected chi connectivity index (χ4v) is 7.75. The minimum absolute atomic E-state index is 0.0938. The van der Waals surface area contributed by atoms with Crippen molar-refractivity contribution in [3.63, 3.8) is 0 Å². The van der Waals surface area contributed by atoms with Crippen molar-refractivity contribution in [1.82, 2.24) is 0 Å². The fourth-order valence-electron chi connectivity index (χ4n) is 6.44. The number of hydrogen-bond donors (Lipinski definition) is 0. The molecule has 182 valence electrons. The first-order chi connectivity index (χ1) is 16.0. The number of alkyl halides is 3. The Morgan fingerprint density at radius 1 is 1.03 bits per heavy atom. The molecule has 4 atom stereocenters. The van der Waals surface area contributed by atoms with Crippen molar-refractivity contribution >= 4 is 11.8 Å². The Kier molecular flexibility index (Phi) is 6.35. The van der Waals surface area contributed by atoms with E-state index in [9.17, 15) is 18.4 Å². The van der Waals surface area contributed by atoms with Crippen LogP contribution in [0.3, 0.4) is 0 Å². The molecule has 0 unspecified atom stereocenters. The van der Waals surface area contributed by atoms with Crippen molar-refractivity contribution in [3.8, 4) is 17.6 Å². The smallest absolute Gasteiger partial charge is 0.416 e. The highest BCUT2D eigenvalue weighted by atomic mass is 32.2. The van der Waals surface area contributed by atoms with Crippen LogP contribution in [0.4, 0.5) is 13.2 Å². The summed E-state index contributed by atoms with van der Waals surface area (Å²) >= 11 is 1.63. The first-order valence-electron chi connectivity index (χ1n) is 11.4. The maximum absolute atomic E-state index is 13.0. The normalized spacial score (nSPS) is 27.8. The SMILES string of the molecule is COc1cc2c(cc1OC)[C@@]1(C)CC[C@H](Sc3ccc(C(F)(F)F)cc3)C(C)(C)[C@@H]1[C@@H](C#N)C2. The molecule has 0 heterocycles. The van der Waals surface area contributed by atoms with E-state index in [1.165, 1.54) is 5.56 Å². The number of fused-ring (bicyclic) bond motifs is 3. The Hall–Kier alpha value is -2.33. The van der Waals surface area contributed by atoms with Gasteiger partial charge in [0, 0.05) is 10.1 Å². The van der Waals surface area contributed by atoms with Crippen molar-refractivity contribution in [3.05, 3.63) is 53.1 Å². The summed E-state index contributed by atoms with van der Waals surface area (Å²) in [5.41, 5.74) is 1.28. The second-order valence-electron chi connectivity index (χ2n) is 10.2. The molecular formula is C27H30F3NO2S.